The number of alkyl halides is 1. The summed E-state index contributed by atoms with van der Waals surface area (Å²) in [6, 6.07) is 0. The summed E-state index contributed by atoms with van der Waals surface area (Å²) in [5, 5.41) is 3.00. The molecule has 48 valence electrons. The molecule has 1 unspecified atom stereocenters. The monoisotopic (exact) mass is 117 g/mol. The van der Waals surface area contributed by atoms with Crippen LogP contribution in [0.15, 0.2) is 0 Å². The summed E-state index contributed by atoms with van der Waals surface area (Å²) in [6.07, 6.45) is 0.383. The first-order chi connectivity index (χ1) is 3.84. The molecule has 0 saturated carbocycles. The van der Waals surface area contributed by atoms with E-state index in [0.29, 0.717) is 6.54 Å². The van der Waals surface area contributed by atoms with Crippen LogP contribution < -0.4 is 5.32 Å². The molecular formula is C6H12FN. The van der Waals surface area contributed by atoms with Gasteiger partial charge in [-0.15, -0.1) is 0 Å². The molecule has 0 bridgehead atoms. The largest absolute Gasteiger partial charge is 0.313 e. The van der Waals surface area contributed by atoms with E-state index in [0.717, 1.165) is 13.0 Å². The fraction of sp³-hybridized carbons (Fsp3) is 1.00. The Morgan fingerprint density at radius 2 is 2.38 bits per heavy atom. The van der Waals surface area contributed by atoms with Gasteiger partial charge >= 0.3 is 0 Å². The minimum Gasteiger partial charge on any atom is -0.313 e. The maximum Gasteiger partial charge on any atom is 0.116 e. The zero-order valence-electron chi connectivity index (χ0n) is 5.15. The lowest BCUT2D eigenvalue weighted by Crippen LogP contribution is -2.10. The Balaban J connectivity index is 2.30. The highest BCUT2D eigenvalue weighted by molar-refractivity contribution is 4.79. The molecule has 0 radical (unpaired) electrons. The fourth-order valence-electron chi connectivity index (χ4n) is 1.10. The third-order valence-corrected chi connectivity index (χ3v) is 1.78. The molecule has 1 aliphatic rings. The van der Waals surface area contributed by atoms with Crippen LogP contribution in [0, 0.1) is 5.92 Å². The molecule has 1 nitrogen and oxygen atoms in total. The zero-order valence-corrected chi connectivity index (χ0v) is 5.15. The molecule has 2 heteroatoms. The van der Waals surface area contributed by atoms with Crippen LogP contribution in [0.3, 0.4) is 0 Å². The molecule has 0 aromatic heterocycles. The standard InChI is InChI=1S/C6H12FN/c1-2-5-3-8-4-6(5)7/h5-6,8H,2-4H2,1H3/t5-,6?/m1/s1. The SMILES string of the molecule is CC[C@@H]1CNCC1F. The van der Waals surface area contributed by atoms with Crippen LogP contribution >= 0.6 is 0 Å². The molecule has 0 spiro atoms. The average molecular weight is 117 g/mol. The van der Waals surface area contributed by atoms with E-state index in [1.807, 2.05) is 6.92 Å². The molecule has 1 fully saturated rings. The first-order valence-corrected chi connectivity index (χ1v) is 3.19. The summed E-state index contributed by atoms with van der Waals surface area (Å²) in [5.41, 5.74) is 0. The van der Waals surface area contributed by atoms with Crippen molar-refractivity contribution in [1.29, 1.82) is 0 Å². The van der Waals surface area contributed by atoms with E-state index >= 15 is 0 Å². The Labute approximate surface area is 49.3 Å². The van der Waals surface area contributed by atoms with Crippen LogP contribution in [-0.2, 0) is 0 Å². The van der Waals surface area contributed by atoms with Gasteiger partial charge in [0.25, 0.3) is 0 Å². The summed E-state index contributed by atoms with van der Waals surface area (Å²) < 4.78 is 12.5. The Morgan fingerprint density at radius 1 is 1.62 bits per heavy atom. The van der Waals surface area contributed by atoms with E-state index in [1.54, 1.807) is 0 Å². The summed E-state index contributed by atoms with van der Waals surface area (Å²) in [7, 11) is 0. The maximum atomic E-state index is 12.5. The van der Waals surface area contributed by atoms with Gasteiger partial charge < -0.3 is 5.32 Å². The lowest BCUT2D eigenvalue weighted by atomic mass is 10.1. The van der Waals surface area contributed by atoms with Gasteiger partial charge in [-0.05, 0) is 6.42 Å². The second kappa shape index (κ2) is 2.44. The second-order valence-corrected chi connectivity index (χ2v) is 2.34. The minimum absolute atomic E-state index is 0.287. The first kappa shape index (κ1) is 6.02. The van der Waals surface area contributed by atoms with Gasteiger partial charge in [-0.3, -0.25) is 0 Å². The third kappa shape index (κ3) is 0.996. The van der Waals surface area contributed by atoms with E-state index in [1.165, 1.54) is 0 Å². The lowest BCUT2D eigenvalue weighted by Gasteiger charge is -2.05. The van der Waals surface area contributed by atoms with Crippen LogP contribution in [0.5, 0.6) is 0 Å². The molecule has 1 N–H and O–H groups in total. The lowest BCUT2D eigenvalue weighted by molar-refractivity contribution is 0.278. The number of hydrogen-bond donors (Lipinski definition) is 1. The van der Waals surface area contributed by atoms with Gasteiger partial charge in [0.05, 0.1) is 0 Å². The third-order valence-electron chi connectivity index (χ3n) is 1.78. The van der Waals surface area contributed by atoms with Crippen molar-refractivity contribution in [3.05, 3.63) is 0 Å². The van der Waals surface area contributed by atoms with Crippen LogP contribution in [0.25, 0.3) is 0 Å². The van der Waals surface area contributed by atoms with Gasteiger partial charge in [0.15, 0.2) is 0 Å². The first-order valence-electron chi connectivity index (χ1n) is 3.19. The summed E-state index contributed by atoms with van der Waals surface area (Å²) in [4.78, 5) is 0. The Bertz CT molecular complexity index is 74.9. The van der Waals surface area contributed by atoms with Gasteiger partial charge in [0, 0.05) is 19.0 Å². The summed E-state index contributed by atoms with van der Waals surface area (Å²) >= 11 is 0. The Kier molecular flexibility index (Phi) is 1.84. The molecule has 0 aliphatic carbocycles. The van der Waals surface area contributed by atoms with Gasteiger partial charge in [-0.2, -0.15) is 0 Å². The van der Waals surface area contributed by atoms with Gasteiger partial charge in [0.2, 0.25) is 0 Å². The van der Waals surface area contributed by atoms with Crippen LogP contribution in [0.2, 0.25) is 0 Å². The predicted octanol–water partition coefficient (Wildman–Crippen LogP) is 0.954. The zero-order chi connectivity index (χ0) is 5.98. The molecule has 2 atom stereocenters. The number of halogens is 1. The number of rotatable bonds is 1. The van der Waals surface area contributed by atoms with Crippen molar-refractivity contribution >= 4 is 0 Å². The fourth-order valence-corrected chi connectivity index (χ4v) is 1.10. The molecule has 8 heavy (non-hydrogen) atoms. The van der Waals surface area contributed by atoms with Crippen molar-refractivity contribution < 1.29 is 4.39 Å². The second-order valence-electron chi connectivity index (χ2n) is 2.34. The van der Waals surface area contributed by atoms with E-state index in [2.05, 4.69) is 5.32 Å². The quantitative estimate of drug-likeness (QED) is 0.539. The average Bonchev–Trinajstić information content (AvgIpc) is 2.14. The summed E-state index contributed by atoms with van der Waals surface area (Å²) in [5.74, 6) is 0.287. The highest BCUT2D eigenvalue weighted by Crippen LogP contribution is 2.14. The molecule has 0 aromatic carbocycles. The van der Waals surface area contributed by atoms with Crippen molar-refractivity contribution in [2.75, 3.05) is 13.1 Å². The van der Waals surface area contributed by atoms with Gasteiger partial charge in [0.1, 0.15) is 6.17 Å². The van der Waals surface area contributed by atoms with E-state index in [-0.39, 0.29) is 5.92 Å². The number of hydrogen-bond acceptors (Lipinski definition) is 1. The van der Waals surface area contributed by atoms with Crippen LogP contribution in [0.4, 0.5) is 4.39 Å². The van der Waals surface area contributed by atoms with Crippen molar-refractivity contribution in [3.8, 4) is 0 Å². The van der Waals surface area contributed by atoms with Crippen molar-refractivity contribution in [1.82, 2.24) is 5.32 Å². The van der Waals surface area contributed by atoms with E-state index < -0.39 is 6.17 Å². The molecule has 1 aliphatic heterocycles. The molecule has 0 amide bonds. The molecular weight excluding hydrogens is 105 g/mol. The van der Waals surface area contributed by atoms with Crippen molar-refractivity contribution in [2.24, 2.45) is 5.92 Å². The number of nitrogens with one attached hydrogen (secondary N) is 1. The minimum atomic E-state index is -0.583. The van der Waals surface area contributed by atoms with E-state index in [9.17, 15) is 4.39 Å². The maximum absolute atomic E-state index is 12.5. The smallest absolute Gasteiger partial charge is 0.116 e. The molecule has 0 aromatic rings. The van der Waals surface area contributed by atoms with Crippen LogP contribution in [0.1, 0.15) is 13.3 Å². The molecule has 1 heterocycles. The van der Waals surface area contributed by atoms with Crippen molar-refractivity contribution in [3.63, 3.8) is 0 Å². The topological polar surface area (TPSA) is 12.0 Å². The van der Waals surface area contributed by atoms with Gasteiger partial charge in [-0.25, -0.2) is 4.39 Å². The Morgan fingerprint density at radius 3 is 2.62 bits per heavy atom. The Hall–Kier alpha value is -0.110. The highest BCUT2D eigenvalue weighted by Gasteiger charge is 2.24. The molecule has 1 rings (SSSR count). The molecule has 1 saturated heterocycles. The highest BCUT2D eigenvalue weighted by atomic mass is 19.1. The van der Waals surface area contributed by atoms with E-state index in [4.69, 9.17) is 0 Å². The summed E-state index contributed by atoms with van der Waals surface area (Å²) in [6.45, 7) is 3.47. The predicted molar refractivity (Wildman–Crippen MR) is 31.5 cm³/mol. The van der Waals surface area contributed by atoms with Crippen LogP contribution in [-0.4, -0.2) is 19.3 Å². The van der Waals surface area contributed by atoms with Gasteiger partial charge in [-0.1, -0.05) is 6.92 Å². The normalized spacial score (nSPS) is 38.2. The van der Waals surface area contributed by atoms with Crippen molar-refractivity contribution in [2.45, 2.75) is 19.5 Å².